The van der Waals surface area contributed by atoms with Crippen LogP contribution in [0.25, 0.3) is 44.1 Å². The molecule has 41 nitrogen and oxygen atoms in total. The van der Waals surface area contributed by atoms with Crippen LogP contribution in [0.1, 0.15) is 122 Å². The zero-order valence-electron chi connectivity index (χ0n) is 83.2. The summed E-state index contributed by atoms with van der Waals surface area (Å²) in [6.45, 7) is 13.8. The van der Waals surface area contributed by atoms with Crippen molar-refractivity contribution in [1.29, 1.82) is 0 Å². The summed E-state index contributed by atoms with van der Waals surface area (Å²) >= 11 is 25.6. The highest BCUT2D eigenvalue weighted by atomic mass is 35.5. The van der Waals surface area contributed by atoms with Gasteiger partial charge in [-0.3, -0.25) is 4.90 Å². The summed E-state index contributed by atoms with van der Waals surface area (Å²) < 4.78 is 150. The fourth-order valence-corrected chi connectivity index (χ4v) is 26.9. The van der Waals surface area contributed by atoms with Crippen LogP contribution >= 0.6 is 46.4 Å². The van der Waals surface area contributed by atoms with E-state index in [0.29, 0.717) is 250 Å². The molecule has 10 aliphatic rings. The Morgan fingerprint density at radius 2 is 0.554 bits per heavy atom. The van der Waals surface area contributed by atoms with Crippen molar-refractivity contribution in [3.05, 3.63) is 118 Å². The van der Waals surface area contributed by atoms with Crippen LogP contribution in [0.4, 0.5) is 69.8 Å². The summed E-state index contributed by atoms with van der Waals surface area (Å²) in [4.78, 5) is 55.0. The van der Waals surface area contributed by atoms with Gasteiger partial charge < -0.3 is 101 Å². The molecule has 10 fully saturated rings. The van der Waals surface area contributed by atoms with Gasteiger partial charge in [0.05, 0.1) is 152 Å². The summed E-state index contributed by atoms with van der Waals surface area (Å²) in [5.41, 5.74) is 4.66. The number of H-pyrrole nitrogens is 4. The highest BCUT2D eigenvalue weighted by molar-refractivity contribution is 7.90. The molecule has 0 bridgehead atoms. The molecular weight excluding hydrogens is 2060 g/mol. The summed E-state index contributed by atoms with van der Waals surface area (Å²) in [5.74, 6) is 8.09. The van der Waals surface area contributed by atoms with Gasteiger partial charge in [0.2, 0.25) is 63.9 Å². The Morgan fingerprint density at radius 3 is 0.811 bits per heavy atom. The number of hydrogen-bond acceptors (Lipinski definition) is 33. The van der Waals surface area contributed by atoms with Crippen LogP contribution < -0.4 is 61.5 Å². The number of hydrogen-bond donors (Lipinski definition) is 12. The number of sulfonamides is 4. The van der Waals surface area contributed by atoms with Crippen molar-refractivity contribution < 1.29 is 66.8 Å². The lowest BCUT2D eigenvalue weighted by atomic mass is 9.85. The molecule has 4 aromatic carbocycles. The predicted octanol–water partition coefficient (Wildman–Crippen LogP) is 16.5. The smallest absolute Gasteiger partial charge is 0.243 e. The normalized spacial score (nSPS) is 18.8. The van der Waals surface area contributed by atoms with E-state index in [1.54, 1.807) is 94.1 Å². The lowest BCUT2D eigenvalue weighted by molar-refractivity contribution is 0.00610. The molecule has 4 aliphatic carbocycles. The molecule has 49 heteroatoms. The highest BCUT2D eigenvalue weighted by Gasteiger charge is 2.38. The van der Waals surface area contributed by atoms with Crippen molar-refractivity contribution in [2.45, 2.75) is 154 Å². The maximum Gasteiger partial charge on any atom is 0.243 e. The van der Waals surface area contributed by atoms with Gasteiger partial charge in [-0.05, 0) is 175 Å². The number of aromatic nitrogens is 12. The number of nitrogens with one attached hydrogen (secondary N) is 12. The van der Waals surface area contributed by atoms with Crippen molar-refractivity contribution in [2.75, 3.05) is 215 Å². The average molecular weight is 2190 g/mol. The number of ether oxygens (including phenoxy) is 7. The third-order valence-corrected chi connectivity index (χ3v) is 38.0. The van der Waals surface area contributed by atoms with Crippen molar-refractivity contribution in [1.82, 2.24) is 86.8 Å². The van der Waals surface area contributed by atoms with Crippen LogP contribution in [0.5, 0.6) is 23.0 Å². The fourth-order valence-electron chi connectivity index (χ4n) is 20.1. The molecular formula is C99H128Cl4N26O15S4. The van der Waals surface area contributed by atoms with E-state index in [1.807, 2.05) is 0 Å². The summed E-state index contributed by atoms with van der Waals surface area (Å²) in [5, 5.41) is 31.7. The molecule has 8 aromatic heterocycles. The van der Waals surface area contributed by atoms with Crippen molar-refractivity contribution >= 4 is 200 Å². The molecule has 6 aliphatic heterocycles. The molecule has 12 aromatic rings. The Balaban J connectivity index is 0.000000124. The van der Waals surface area contributed by atoms with E-state index in [-0.39, 0.29) is 19.6 Å². The molecule has 14 heterocycles. The quantitative estimate of drug-likeness (QED) is 0.0178. The van der Waals surface area contributed by atoms with Crippen LogP contribution in [-0.2, 0) is 54.3 Å². The van der Waals surface area contributed by atoms with E-state index < -0.39 is 40.1 Å². The Hall–Kier alpha value is -10.4. The van der Waals surface area contributed by atoms with E-state index in [0.717, 1.165) is 113 Å². The van der Waals surface area contributed by atoms with Gasteiger partial charge in [0.25, 0.3) is 0 Å². The van der Waals surface area contributed by atoms with Crippen molar-refractivity contribution in [3.8, 4) is 23.0 Å². The first-order valence-corrected chi connectivity index (χ1v) is 58.2. The number of aromatic amines is 4. The van der Waals surface area contributed by atoms with Crippen LogP contribution in [0.15, 0.2) is 117 Å². The number of likely N-dealkylation sites (tertiary alicyclic amines) is 1. The van der Waals surface area contributed by atoms with Crippen LogP contribution in [0.2, 0.25) is 20.1 Å². The Morgan fingerprint density at radius 1 is 0.304 bits per heavy atom. The third-order valence-electron chi connectivity index (χ3n) is 29.3. The molecule has 0 unspecified atom stereocenters. The monoisotopic (exact) mass is 2190 g/mol. The molecule has 6 saturated heterocycles. The van der Waals surface area contributed by atoms with E-state index >= 15 is 0 Å². The van der Waals surface area contributed by atoms with Crippen molar-refractivity contribution in [2.24, 2.45) is 23.7 Å². The molecule has 22 rings (SSSR count). The summed E-state index contributed by atoms with van der Waals surface area (Å²) in [7, 11) is -8.56. The topological polar surface area (TPSA) is 483 Å². The van der Waals surface area contributed by atoms with Gasteiger partial charge in [-0.15, -0.1) is 0 Å². The number of nitrogens with zero attached hydrogens (tertiary/aromatic N) is 14. The maximum atomic E-state index is 13.5. The van der Waals surface area contributed by atoms with Gasteiger partial charge in [-0.2, -0.15) is 57.1 Å². The molecule has 0 radical (unpaired) electrons. The Labute approximate surface area is 881 Å². The SMILES string of the molecule is COc1cc(S(=O)(=O)N2CCC(N3CCCCC3)CC2)ccc1Nc1nc(NCC2CC2)c2c(Cl)c[nH]c2n1.COc1cc(S(=O)(=O)N2CCC(N3CCOCC3)CC2)ccc1Nc1nc(NCC2CCC2)c2c(Cl)c[nH]c2n1.COc1cc(S(=O)(=O)N2CCOCC2)ccc1Nc1nc(NCC2CCC2)c2c(Cl)c[nH]c2n1.COc1cc(S(=O)(=O)N2CCOCC2)ccc1Nc1nc(NCC2CCCC2)c2c(Cl)c[nH]c2n1. The van der Waals surface area contributed by atoms with Crippen molar-refractivity contribution in [3.63, 3.8) is 0 Å². The lowest BCUT2D eigenvalue weighted by Crippen LogP contribution is -2.50. The zero-order chi connectivity index (χ0) is 103. The van der Waals surface area contributed by atoms with Gasteiger partial charge in [0.15, 0.2) is 0 Å². The molecule has 12 N–H and O–H groups in total. The van der Waals surface area contributed by atoms with E-state index in [4.69, 9.17) is 84.5 Å². The van der Waals surface area contributed by atoms with Crippen LogP contribution in [0.3, 0.4) is 0 Å². The molecule has 148 heavy (non-hydrogen) atoms. The second-order valence-electron chi connectivity index (χ2n) is 38.7. The van der Waals surface area contributed by atoms with Gasteiger partial charge in [0, 0.05) is 153 Å². The number of benzene rings is 4. The summed E-state index contributed by atoms with van der Waals surface area (Å²) in [6.07, 6.45) is 28.7. The average Bonchev–Trinajstić information content (AvgIpc) is 1.24. The van der Waals surface area contributed by atoms with Gasteiger partial charge in [0.1, 0.15) is 68.9 Å². The second kappa shape index (κ2) is 47.6. The molecule has 4 saturated carbocycles. The number of halogens is 4. The third kappa shape index (κ3) is 24.6. The second-order valence-corrected chi connectivity index (χ2v) is 48.1. The van der Waals surface area contributed by atoms with Gasteiger partial charge >= 0.3 is 0 Å². The minimum absolute atomic E-state index is 0.159. The summed E-state index contributed by atoms with van der Waals surface area (Å²) in [6, 6.07) is 20.1. The highest BCUT2D eigenvalue weighted by Crippen LogP contribution is 2.44. The molecule has 0 atom stereocenters. The fraction of sp³-hybridized carbons (Fsp3) is 0.515. The number of morpholine rings is 3. The number of fused-ring (bicyclic) bond motifs is 4. The standard InChI is InChI=1S/C27H36ClN7O4S.C27H36ClN7O3S.C23H29ClN6O4S.C22H27ClN6O4S/c1-38-23-15-20(40(36,37)35-9-7-19(8-10-35)34-11-13-39-14-12-34)5-6-22(23)31-27-32-25(29-16-18-3-2-4-18)24-21(28)17-30-26(24)33-27;1-38-23-15-20(39(36,37)35-13-9-19(10-14-35)34-11-3-2-4-12-34)7-8-22(23)31-27-32-25(29-16-18-5-6-18)24-21(28)17-30-26(24)33-27;1-33-19-12-16(35(31,32)30-8-10-34-11-9-30)6-7-18(19)27-23-28-21(25-13-15-4-2-3-5-15)20-17(24)14-26-22(20)29-23;1-32-18-11-15(34(30,31)29-7-9-33-10-8-29)5-6-17(18)26-22-27-20(24-12-14-3-2-4-14)19-16(23)13-25-21(19)28-22/h5-6,15,17-19H,2-4,7-14,16H2,1H3,(H3,29,30,31,32,33);7-8,15,17-19H,2-6,9-14,16H2,1H3,(H3,29,30,31,32,33);6-7,12,14-15H,2-5,8-11,13H2,1H3,(H3,25,26,27,28,29);5-6,11,13-14H,2-4,7-10,12H2,1H3,(H3,24,25,26,27,28). The first-order valence-electron chi connectivity index (χ1n) is 50.9. The Bertz CT molecular complexity index is 7140. The minimum Gasteiger partial charge on any atom is -0.495 e. The zero-order valence-corrected chi connectivity index (χ0v) is 89.5. The molecule has 0 spiro atoms. The largest absolute Gasteiger partial charge is 0.495 e. The Kier molecular flexibility index (Phi) is 34.1. The lowest BCUT2D eigenvalue weighted by Gasteiger charge is -2.39. The number of anilines is 12. The predicted molar refractivity (Wildman–Crippen MR) is 575 cm³/mol. The van der Waals surface area contributed by atoms with E-state index in [9.17, 15) is 33.7 Å². The first kappa shape index (κ1) is 106. The number of rotatable bonds is 34. The first-order chi connectivity index (χ1) is 71.7. The minimum atomic E-state index is -3.66. The van der Waals surface area contributed by atoms with E-state index in [1.165, 1.54) is 145 Å². The van der Waals surface area contributed by atoms with Gasteiger partial charge in [-0.1, -0.05) is 78.5 Å². The number of methoxy groups -OCH3 is 4. The van der Waals surface area contributed by atoms with Crippen LogP contribution in [-0.4, -0.2) is 305 Å². The maximum absolute atomic E-state index is 13.5. The molecule has 796 valence electrons. The molecule has 0 amide bonds. The van der Waals surface area contributed by atoms with E-state index in [2.05, 4.69) is 107 Å². The van der Waals surface area contributed by atoms with Gasteiger partial charge in [-0.25, -0.2) is 33.7 Å². The number of piperidine rings is 3. The van der Waals surface area contributed by atoms with Crippen LogP contribution in [0, 0.1) is 23.7 Å².